The van der Waals surface area contributed by atoms with E-state index >= 15 is 0 Å². The van der Waals surface area contributed by atoms with Crippen LogP contribution >= 0.6 is 11.3 Å². The van der Waals surface area contributed by atoms with Crippen molar-refractivity contribution >= 4 is 33.3 Å². The van der Waals surface area contributed by atoms with E-state index in [1.54, 1.807) is 11.3 Å². The molecule has 0 fully saturated rings. The van der Waals surface area contributed by atoms with Crippen LogP contribution in [0.3, 0.4) is 0 Å². The van der Waals surface area contributed by atoms with Gasteiger partial charge in [-0.05, 0) is 38.2 Å². The molecular weight excluding hydrogens is 280 g/mol. The van der Waals surface area contributed by atoms with Gasteiger partial charge in [0.25, 0.3) is 0 Å². The Hall–Kier alpha value is -1.36. The number of hydrogen-bond acceptors (Lipinski definition) is 5. The third-order valence-electron chi connectivity index (χ3n) is 3.58. The minimum Gasteiger partial charge on any atom is -0.367 e. The van der Waals surface area contributed by atoms with Gasteiger partial charge in [0, 0.05) is 18.0 Å². The Morgan fingerprint density at radius 2 is 1.95 bits per heavy atom. The maximum atomic E-state index is 4.61. The van der Waals surface area contributed by atoms with E-state index in [1.165, 1.54) is 11.3 Å². The normalized spacial score (nSPS) is 12.9. The number of nitrogens with one attached hydrogen (secondary N) is 2. The lowest BCUT2D eigenvalue weighted by molar-refractivity contribution is 0.527. The van der Waals surface area contributed by atoms with Crippen molar-refractivity contribution in [1.29, 1.82) is 0 Å². The molecule has 0 aromatic carbocycles. The fourth-order valence-electron chi connectivity index (χ4n) is 2.26. The molecule has 1 unspecified atom stereocenters. The predicted molar refractivity (Wildman–Crippen MR) is 93.5 cm³/mol. The van der Waals surface area contributed by atoms with Crippen molar-refractivity contribution in [3.63, 3.8) is 0 Å². The summed E-state index contributed by atoms with van der Waals surface area (Å²) < 4.78 is 0. The number of aryl methyl sites for hydroxylation is 1. The Labute approximate surface area is 131 Å². The average Bonchev–Trinajstić information content (AvgIpc) is 2.88. The van der Waals surface area contributed by atoms with Crippen LogP contribution in [0.15, 0.2) is 6.07 Å². The van der Waals surface area contributed by atoms with Crippen LogP contribution in [0.1, 0.15) is 45.4 Å². The molecule has 2 aromatic heterocycles. The van der Waals surface area contributed by atoms with Gasteiger partial charge in [-0.3, -0.25) is 0 Å². The minimum absolute atomic E-state index is 0.417. The molecule has 116 valence electrons. The highest BCUT2D eigenvalue weighted by atomic mass is 32.1. The summed E-state index contributed by atoms with van der Waals surface area (Å²) in [7, 11) is 1.86. The minimum atomic E-state index is 0.417. The second-order valence-corrected chi connectivity index (χ2v) is 7.06. The highest BCUT2D eigenvalue weighted by Crippen LogP contribution is 2.31. The van der Waals surface area contributed by atoms with Crippen molar-refractivity contribution in [2.75, 3.05) is 17.7 Å². The van der Waals surface area contributed by atoms with Crippen molar-refractivity contribution in [3.8, 4) is 0 Å². The second kappa shape index (κ2) is 7.07. The first-order valence-corrected chi connectivity index (χ1v) is 8.59. The van der Waals surface area contributed by atoms with Crippen LogP contribution in [-0.2, 0) is 6.42 Å². The number of anilines is 2. The molecule has 0 aliphatic carbocycles. The van der Waals surface area contributed by atoms with Crippen LogP contribution in [0.4, 0.5) is 11.8 Å². The van der Waals surface area contributed by atoms with Gasteiger partial charge in [-0.1, -0.05) is 20.8 Å². The van der Waals surface area contributed by atoms with Gasteiger partial charge in [0.15, 0.2) is 0 Å². The molecule has 2 N–H and O–H groups in total. The molecule has 0 spiro atoms. The Morgan fingerprint density at radius 1 is 1.19 bits per heavy atom. The van der Waals surface area contributed by atoms with E-state index in [0.717, 1.165) is 34.8 Å². The highest BCUT2D eigenvalue weighted by molar-refractivity contribution is 7.18. The zero-order valence-electron chi connectivity index (χ0n) is 13.7. The monoisotopic (exact) mass is 306 g/mol. The standard InChI is InChI=1S/C16H26N4S/c1-6-12-9-13-14(18-11(4)8-7-10(2)3)19-16(17-5)20-15(13)21-12/h9-11H,6-8H2,1-5H3,(H2,17,18,19,20). The summed E-state index contributed by atoms with van der Waals surface area (Å²) in [6.45, 7) is 8.93. The van der Waals surface area contributed by atoms with Crippen molar-refractivity contribution in [1.82, 2.24) is 9.97 Å². The lowest BCUT2D eigenvalue weighted by Crippen LogP contribution is -2.17. The molecule has 0 bridgehead atoms. The number of fused-ring (bicyclic) bond motifs is 1. The van der Waals surface area contributed by atoms with E-state index in [1.807, 2.05) is 7.05 Å². The summed E-state index contributed by atoms with van der Waals surface area (Å²) in [6, 6.07) is 2.64. The van der Waals surface area contributed by atoms with Gasteiger partial charge in [-0.2, -0.15) is 4.98 Å². The van der Waals surface area contributed by atoms with Gasteiger partial charge in [-0.25, -0.2) is 4.98 Å². The zero-order chi connectivity index (χ0) is 15.4. The maximum absolute atomic E-state index is 4.61. The van der Waals surface area contributed by atoms with E-state index in [-0.39, 0.29) is 0 Å². The summed E-state index contributed by atoms with van der Waals surface area (Å²) in [5.41, 5.74) is 0. The summed E-state index contributed by atoms with van der Waals surface area (Å²) >= 11 is 1.76. The topological polar surface area (TPSA) is 49.8 Å². The second-order valence-electron chi connectivity index (χ2n) is 5.95. The number of nitrogens with zero attached hydrogens (tertiary/aromatic N) is 2. The van der Waals surface area contributed by atoms with E-state index in [9.17, 15) is 0 Å². The molecule has 0 saturated carbocycles. The summed E-state index contributed by atoms with van der Waals surface area (Å²) in [5.74, 6) is 2.38. The van der Waals surface area contributed by atoms with Crippen molar-refractivity contribution in [2.24, 2.45) is 5.92 Å². The molecule has 0 aliphatic rings. The summed E-state index contributed by atoms with van der Waals surface area (Å²) in [5, 5.41) is 7.77. The van der Waals surface area contributed by atoms with Crippen LogP contribution in [-0.4, -0.2) is 23.1 Å². The molecule has 21 heavy (non-hydrogen) atoms. The summed E-state index contributed by atoms with van der Waals surface area (Å²) in [6.07, 6.45) is 3.42. The van der Waals surface area contributed by atoms with Crippen LogP contribution in [0.5, 0.6) is 0 Å². The third kappa shape index (κ3) is 4.06. The van der Waals surface area contributed by atoms with Gasteiger partial charge < -0.3 is 10.6 Å². The maximum Gasteiger partial charge on any atom is 0.225 e. The van der Waals surface area contributed by atoms with E-state index in [4.69, 9.17) is 0 Å². The van der Waals surface area contributed by atoms with Crippen molar-refractivity contribution < 1.29 is 0 Å². The van der Waals surface area contributed by atoms with E-state index in [0.29, 0.717) is 12.0 Å². The number of thiophene rings is 1. The van der Waals surface area contributed by atoms with E-state index < -0.39 is 0 Å². The first-order valence-electron chi connectivity index (χ1n) is 7.78. The number of rotatable bonds is 7. The number of aromatic nitrogens is 2. The molecule has 0 aliphatic heterocycles. The molecule has 2 heterocycles. The average molecular weight is 306 g/mol. The van der Waals surface area contributed by atoms with Gasteiger partial charge in [0.05, 0.1) is 5.39 Å². The molecule has 2 aromatic rings. The molecule has 1 atom stereocenters. The molecule has 0 radical (unpaired) electrons. The van der Waals surface area contributed by atoms with Gasteiger partial charge in [-0.15, -0.1) is 11.3 Å². The quantitative estimate of drug-likeness (QED) is 0.789. The van der Waals surface area contributed by atoms with Gasteiger partial charge >= 0.3 is 0 Å². The Bertz CT molecular complexity index is 591. The third-order valence-corrected chi connectivity index (χ3v) is 4.75. The fraction of sp³-hybridized carbons (Fsp3) is 0.625. The number of hydrogen-bond donors (Lipinski definition) is 2. The Balaban J connectivity index is 2.26. The van der Waals surface area contributed by atoms with Crippen molar-refractivity contribution in [2.45, 2.75) is 53.0 Å². The smallest absolute Gasteiger partial charge is 0.225 e. The first kappa shape index (κ1) is 16.0. The van der Waals surface area contributed by atoms with Crippen LogP contribution in [0.25, 0.3) is 10.2 Å². The molecule has 4 nitrogen and oxygen atoms in total. The summed E-state index contributed by atoms with van der Waals surface area (Å²) in [4.78, 5) is 11.6. The van der Waals surface area contributed by atoms with Crippen LogP contribution in [0, 0.1) is 5.92 Å². The van der Waals surface area contributed by atoms with Crippen molar-refractivity contribution in [3.05, 3.63) is 10.9 Å². The largest absolute Gasteiger partial charge is 0.367 e. The lowest BCUT2D eigenvalue weighted by Gasteiger charge is -2.16. The first-order chi connectivity index (χ1) is 10.0. The molecule has 2 rings (SSSR count). The zero-order valence-corrected chi connectivity index (χ0v) is 14.5. The Morgan fingerprint density at radius 3 is 2.57 bits per heavy atom. The fourth-order valence-corrected chi connectivity index (χ4v) is 3.22. The molecule has 5 heteroatoms. The highest BCUT2D eigenvalue weighted by Gasteiger charge is 2.13. The van der Waals surface area contributed by atoms with E-state index in [2.05, 4.69) is 54.4 Å². The van der Waals surface area contributed by atoms with Gasteiger partial charge in [0.1, 0.15) is 10.6 Å². The van der Waals surface area contributed by atoms with Gasteiger partial charge in [0.2, 0.25) is 5.95 Å². The SMILES string of the molecule is CCc1cc2c(NC(C)CCC(C)C)nc(NC)nc2s1. The Kier molecular flexibility index (Phi) is 5.39. The van der Waals surface area contributed by atoms with Crippen LogP contribution < -0.4 is 10.6 Å². The molecule has 0 amide bonds. The van der Waals surface area contributed by atoms with Crippen LogP contribution in [0.2, 0.25) is 0 Å². The predicted octanol–water partition coefficient (Wildman–Crippen LogP) is 4.53. The molecule has 0 saturated heterocycles. The lowest BCUT2D eigenvalue weighted by atomic mass is 10.0. The molecular formula is C16H26N4S.